The van der Waals surface area contributed by atoms with Crippen molar-refractivity contribution in [1.29, 1.82) is 0 Å². The number of nitrogens with zero attached hydrogens (tertiary/aromatic N) is 7. The number of hydrogen-bond donors (Lipinski definition) is 2. The SMILES string of the molecule is C1=NCC(c2ccc(Oc3ccc4nc(CN5CCNCC5)ccc4c3)cc2)=C1.C[C@H](O)C(=O)N1CCN(Cc2ccc3cc(Oc4ccc(C5=CC=NC5)cc4)ccc3n2)CC1.F. The minimum Gasteiger partial charge on any atom is -0.457 e. The van der Waals surface area contributed by atoms with Gasteiger partial charge in [-0.2, -0.15) is 0 Å². The number of amides is 1. The normalized spacial score (nSPS) is 16.8. The predicted molar refractivity (Wildman–Crippen MR) is 253 cm³/mol. The van der Waals surface area contributed by atoms with Crippen LogP contribution in [0.3, 0.4) is 0 Å². The molecule has 2 aromatic heterocycles. The van der Waals surface area contributed by atoms with Crippen LogP contribution in [0.5, 0.6) is 23.0 Å². The maximum absolute atomic E-state index is 11.9. The fraction of sp³-hybridized carbons (Fsp3) is 0.275. The summed E-state index contributed by atoms with van der Waals surface area (Å²) in [4.78, 5) is 36.5. The minimum absolute atomic E-state index is 0. The summed E-state index contributed by atoms with van der Waals surface area (Å²) >= 11 is 0. The summed E-state index contributed by atoms with van der Waals surface area (Å²) in [6.07, 6.45) is 6.86. The second-order valence-corrected chi connectivity index (χ2v) is 16.2. The second kappa shape index (κ2) is 20.7. The number of hydrogen-bond acceptors (Lipinski definition) is 11. The van der Waals surface area contributed by atoms with Gasteiger partial charge in [0, 0.05) is 88.6 Å². The zero-order chi connectivity index (χ0) is 43.0. The molecule has 12 nitrogen and oxygen atoms in total. The Kier molecular flexibility index (Phi) is 14.2. The summed E-state index contributed by atoms with van der Waals surface area (Å²) in [6.45, 7) is 11.7. The first-order valence-electron chi connectivity index (χ1n) is 21.7. The molecule has 0 spiro atoms. The summed E-state index contributed by atoms with van der Waals surface area (Å²) in [7, 11) is 0. The highest BCUT2D eigenvalue weighted by Crippen LogP contribution is 2.29. The predicted octanol–water partition coefficient (Wildman–Crippen LogP) is 7.57. The monoisotopic (exact) mass is 860 g/mol. The summed E-state index contributed by atoms with van der Waals surface area (Å²) in [5, 5.41) is 15.0. The Morgan fingerprint density at radius 1 is 0.609 bits per heavy atom. The van der Waals surface area contributed by atoms with Gasteiger partial charge >= 0.3 is 0 Å². The molecule has 13 heteroatoms. The summed E-state index contributed by atoms with van der Waals surface area (Å²) in [5.41, 5.74) is 8.86. The average molecular weight is 861 g/mol. The van der Waals surface area contributed by atoms with E-state index >= 15 is 0 Å². The third-order valence-corrected chi connectivity index (χ3v) is 11.7. The van der Waals surface area contributed by atoms with Crippen molar-refractivity contribution in [2.24, 2.45) is 9.98 Å². The lowest BCUT2D eigenvalue weighted by Gasteiger charge is -2.35. The lowest BCUT2D eigenvalue weighted by molar-refractivity contribution is -0.141. The van der Waals surface area contributed by atoms with Crippen LogP contribution in [0.15, 0.2) is 131 Å². The molecular weight excluding hydrogens is 808 g/mol. The summed E-state index contributed by atoms with van der Waals surface area (Å²) in [5.74, 6) is 3.03. The summed E-state index contributed by atoms with van der Waals surface area (Å²) in [6, 6.07) is 36.7. The third-order valence-electron chi connectivity index (χ3n) is 11.7. The molecule has 1 amide bonds. The topological polar surface area (TPSA) is 128 Å². The number of carbonyl (C=O) groups is 1. The Morgan fingerprint density at radius 2 is 1.06 bits per heavy atom. The van der Waals surface area contributed by atoms with Crippen LogP contribution in [-0.2, 0) is 17.9 Å². The third kappa shape index (κ3) is 11.1. The molecule has 1 atom stereocenters. The van der Waals surface area contributed by atoms with E-state index in [1.54, 1.807) is 4.90 Å². The maximum Gasteiger partial charge on any atom is 0.251 e. The molecule has 0 radical (unpaired) electrons. The number of allylic oxidation sites excluding steroid dienone is 2. The lowest BCUT2D eigenvalue weighted by Crippen LogP contribution is -2.50. The van der Waals surface area contributed by atoms with Gasteiger partial charge in [0.1, 0.15) is 29.1 Å². The van der Waals surface area contributed by atoms with Crippen LogP contribution >= 0.6 is 0 Å². The number of piperazine rings is 2. The molecule has 2 saturated heterocycles. The number of aliphatic hydroxyl groups is 1. The van der Waals surface area contributed by atoms with Crippen molar-refractivity contribution < 1.29 is 24.1 Å². The van der Waals surface area contributed by atoms with Gasteiger partial charge in [-0.05, 0) is 114 Å². The summed E-state index contributed by atoms with van der Waals surface area (Å²) < 4.78 is 12.1. The highest BCUT2D eigenvalue weighted by molar-refractivity contribution is 5.90. The number of aromatic nitrogens is 2. The van der Waals surface area contributed by atoms with E-state index in [1.165, 1.54) is 23.6 Å². The molecule has 4 aliphatic rings. The highest BCUT2D eigenvalue weighted by atomic mass is 19.0. The van der Waals surface area contributed by atoms with Crippen LogP contribution < -0.4 is 14.8 Å². The van der Waals surface area contributed by atoms with Crippen LogP contribution in [0.25, 0.3) is 33.0 Å². The van der Waals surface area contributed by atoms with Crippen LogP contribution in [0.4, 0.5) is 4.70 Å². The van der Waals surface area contributed by atoms with Gasteiger partial charge in [-0.3, -0.25) is 39.3 Å². The Labute approximate surface area is 372 Å². The van der Waals surface area contributed by atoms with E-state index in [0.29, 0.717) is 13.1 Å². The highest BCUT2D eigenvalue weighted by Gasteiger charge is 2.24. The van der Waals surface area contributed by atoms with Gasteiger partial charge in [-0.1, -0.05) is 36.4 Å². The van der Waals surface area contributed by atoms with Gasteiger partial charge in [0.05, 0.1) is 35.5 Å². The number of nitrogens with one attached hydrogen (secondary N) is 1. The number of aliphatic imine (C=N–C) groups is 2. The number of halogens is 1. The number of ether oxygens (including phenoxy) is 2. The fourth-order valence-corrected chi connectivity index (χ4v) is 8.13. The fourth-order valence-electron chi connectivity index (χ4n) is 8.13. The number of aliphatic hydroxyl groups excluding tert-OH is 1. The molecule has 0 unspecified atom stereocenters. The van der Waals surface area contributed by atoms with Gasteiger partial charge in [0.25, 0.3) is 5.91 Å². The van der Waals surface area contributed by atoms with E-state index in [9.17, 15) is 9.90 Å². The molecular formula is C51H53FN8O4. The number of benzene rings is 4. The molecule has 2 N–H and O–H groups in total. The number of rotatable bonds is 11. The molecule has 4 aromatic carbocycles. The number of carbonyl (C=O) groups excluding carboxylic acids is 1. The van der Waals surface area contributed by atoms with Crippen LogP contribution in [-0.4, -0.2) is 120 Å². The smallest absolute Gasteiger partial charge is 0.251 e. The van der Waals surface area contributed by atoms with E-state index in [2.05, 4.69) is 79.7 Å². The second-order valence-electron chi connectivity index (χ2n) is 16.2. The molecule has 0 aliphatic carbocycles. The van der Waals surface area contributed by atoms with E-state index in [1.807, 2.05) is 79.2 Å². The van der Waals surface area contributed by atoms with E-state index in [0.717, 1.165) is 127 Å². The van der Waals surface area contributed by atoms with Crippen molar-refractivity contribution in [1.82, 2.24) is 30.0 Å². The van der Waals surface area contributed by atoms with Crippen LogP contribution in [0.2, 0.25) is 0 Å². The molecule has 0 bridgehead atoms. The number of pyridine rings is 2. The maximum atomic E-state index is 11.9. The van der Waals surface area contributed by atoms with Crippen molar-refractivity contribution in [3.8, 4) is 23.0 Å². The van der Waals surface area contributed by atoms with Crippen LogP contribution in [0.1, 0.15) is 29.4 Å². The van der Waals surface area contributed by atoms with Crippen molar-refractivity contribution in [2.45, 2.75) is 26.1 Å². The van der Waals surface area contributed by atoms with Crippen molar-refractivity contribution in [3.63, 3.8) is 0 Å². The average Bonchev–Trinajstić information content (AvgIpc) is 4.07. The van der Waals surface area contributed by atoms with Crippen molar-refractivity contribution >= 4 is 51.3 Å². The quantitative estimate of drug-likeness (QED) is 0.136. The van der Waals surface area contributed by atoms with Crippen molar-refractivity contribution in [2.75, 3.05) is 65.4 Å². The zero-order valence-corrected chi connectivity index (χ0v) is 36.0. The van der Waals surface area contributed by atoms with Crippen LogP contribution in [0, 0.1) is 0 Å². The standard InChI is InChI=1S/C27H28N4O3.C24H24N4O.FH/c1-19(32)27(33)31-14-12-30(13-15-31)18-23-5-2-21-16-25(8-9-26(21)29-23)34-24-6-3-20(4-7-24)22-10-11-28-17-22;1-4-21(17-28-13-11-25-12-14-28)27-24-8-7-23(15-19(1)24)29-22-5-2-18(3-6-22)20-9-10-26-16-20;/h2-11,16,19,32H,12-15,17-18H2,1H3;1-10,15,25H,11-14,16-17H2;1H/t19-;;/m0../s1. The molecule has 6 heterocycles. The lowest BCUT2D eigenvalue weighted by atomic mass is 10.1. The van der Waals surface area contributed by atoms with E-state index in [4.69, 9.17) is 19.4 Å². The Morgan fingerprint density at radius 3 is 1.50 bits per heavy atom. The molecule has 2 fully saturated rings. The van der Waals surface area contributed by atoms with Gasteiger partial charge in [0.15, 0.2) is 0 Å². The van der Waals surface area contributed by atoms with Gasteiger partial charge < -0.3 is 24.8 Å². The first-order valence-corrected chi connectivity index (χ1v) is 21.7. The zero-order valence-electron chi connectivity index (χ0n) is 36.0. The molecule has 4 aliphatic heterocycles. The largest absolute Gasteiger partial charge is 0.457 e. The van der Waals surface area contributed by atoms with E-state index < -0.39 is 6.10 Å². The van der Waals surface area contributed by atoms with Gasteiger partial charge in [-0.25, -0.2) is 0 Å². The van der Waals surface area contributed by atoms with Gasteiger partial charge in [0.2, 0.25) is 0 Å². The Hall–Kier alpha value is -6.64. The Bertz CT molecular complexity index is 2690. The van der Waals surface area contributed by atoms with Gasteiger partial charge in [-0.15, -0.1) is 0 Å². The van der Waals surface area contributed by atoms with Crippen molar-refractivity contribution in [3.05, 3.63) is 144 Å². The first kappa shape index (κ1) is 44.0. The molecule has 6 aromatic rings. The molecule has 10 rings (SSSR count). The molecule has 328 valence electrons. The van der Waals surface area contributed by atoms with E-state index in [-0.39, 0.29) is 10.6 Å². The molecule has 0 saturated carbocycles. The number of fused-ring (bicyclic) bond motifs is 2. The minimum atomic E-state index is -0.938. The molecule has 64 heavy (non-hydrogen) atoms. The first-order chi connectivity index (χ1) is 30.9. The Balaban J connectivity index is 0.000000174.